The van der Waals surface area contributed by atoms with Crippen molar-refractivity contribution in [2.75, 3.05) is 0 Å². The molecular formula is C10H14BrNS. The average Bonchev–Trinajstić information content (AvgIpc) is 2.36. The molecule has 0 spiro atoms. The van der Waals surface area contributed by atoms with Crippen molar-refractivity contribution in [3.05, 3.63) is 20.3 Å². The highest BCUT2D eigenvalue weighted by Gasteiger charge is 2.57. The maximum absolute atomic E-state index is 6.04. The van der Waals surface area contributed by atoms with Gasteiger partial charge in [-0.15, -0.1) is 11.3 Å². The van der Waals surface area contributed by atoms with E-state index in [-0.39, 0.29) is 0 Å². The minimum Gasteiger partial charge on any atom is -0.327 e. The van der Waals surface area contributed by atoms with Crippen molar-refractivity contribution in [1.29, 1.82) is 0 Å². The monoisotopic (exact) mass is 259 g/mol. The van der Waals surface area contributed by atoms with Crippen molar-refractivity contribution in [2.24, 2.45) is 11.1 Å². The number of rotatable bonds is 1. The Kier molecular flexibility index (Phi) is 2.10. The highest BCUT2D eigenvalue weighted by Crippen LogP contribution is 2.60. The smallest absolute Gasteiger partial charge is 0.0320 e. The van der Waals surface area contributed by atoms with Gasteiger partial charge >= 0.3 is 0 Å². The Morgan fingerprint density at radius 1 is 1.54 bits per heavy atom. The molecule has 0 amide bonds. The summed E-state index contributed by atoms with van der Waals surface area (Å²) in [6.45, 7) is 6.62. The van der Waals surface area contributed by atoms with Crippen LogP contribution in [0.3, 0.4) is 0 Å². The molecule has 3 heteroatoms. The van der Waals surface area contributed by atoms with Gasteiger partial charge < -0.3 is 5.73 Å². The third kappa shape index (κ3) is 1.37. The first-order chi connectivity index (χ1) is 5.94. The molecule has 2 rings (SSSR count). The van der Waals surface area contributed by atoms with Gasteiger partial charge in [0, 0.05) is 26.2 Å². The van der Waals surface area contributed by atoms with Gasteiger partial charge in [0.2, 0.25) is 0 Å². The Labute approximate surface area is 91.5 Å². The van der Waals surface area contributed by atoms with Crippen LogP contribution in [0.2, 0.25) is 0 Å². The molecular weight excluding hydrogens is 246 g/mol. The molecule has 1 heterocycles. The molecule has 0 aliphatic heterocycles. The van der Waals surface area contributed by atoms with Crippen LogP contribution in [0.15, 0.2) is 10.5 Å². The van der Waals surface area contributed by atoms with E-state index in [0.29, 0.717) is 17.4 Å². The van der Waals surface area contributed by atoms with Crippen molar-refractivity contribution in [2.45, 2.75) is 32.7 Å². The van der Waals surface area contributed by atoms with Crippen LogP contribution in [0.25, 0.3) is 0 Å². The Bertz CT molecular complexity index is 343. The fourth-order valence-corrected chi connectivity index (χ4v) is 4.13. The molecule has 1 aliphatic carbocycles. The summed E-state index contributed by atoms with van der Waals surface area (Å²) < 4.78 is 1.24. The number of hydrogen-bond donors (Lipinski definition) is 1. The molecule has 1 aromatic rings. The van der Waals surface area contributed by atoms with Gasteiger partial charge in [-0.25, -0.2) is 0 Å². The lowest BCUT2D eigenvalue weighted by Crippen LogP contribution is -2.06. The summed E-state index contributed by atoms with van der Waals surface area (Å²) in [5, 5.41) is 0. The minimum atomic E-state index is 0.291. The van der Waals surface area contributed by atoms with Gasteiger partial charge in [-0.2, -0.15) is 0 Å². The standard InChI is InChI=1S/C10H14BrNS/c1-5-4-6(11)8(13-5)7-9(12)10(7,2)3/h4,7,9H,12H2,1-3H3/t7-,9-/m1/s1. The number of aryl methyl sites for hydroxylation is 1. The molecule has 0 radical (unpaired) electrons. The lowest BCUT2D eigenvalue weighted by Gasteiger charge is -1.99. The van der Waals surface area contributed by atoms with E-state index in [1.54, 1.807) is 0 Å². The van der Waals surface area contributed by atoms with Crippen molar-refractivity contribution in [3.8, 4) is 0 Å². The third-order valence-corrected chi connectivity index (χ3v) is 5.08. The van der Waals surface area contributed by atoms with Crippen LogP contribution in [0.4, 0.5) is 0 Å². The molecule has 1 fully saturated rings. The first-order valence-electron chi connectivity index (χ1n) is 4.46. The maximum atomic E-state index is 6.04. The largest absolute Gasteiger partial charge is 0.327 e. The first kappa shape index (κ1) is 9.69. The number of nitrogens with two attached hydrogens (primary N) is 1. The molecule has 0 saturated heterocycles. The van der Waals surface area contributed by atoms with Crippen molar-refractivity contribution < 1.29 is 0 Å². The minimum absolute atomic E-state index is 0.291. The zero-order valence-corrected chi connectivity index (χ0v) is 10.5. The highest BCUT2D eigenvalue weighted by molar-refractivity contribution is 9.10. The lowest BCUT2D eigenvalue weighted by atomic mass is 10.1. The van der Waals surface area contributed by atoms with Crippen molar-refractivity contribution in [1.82, 2.24) is 0 Å². The predicted octanol–water partition coefficient (Wildman–Crippen LogP) is 3.27. The zero-order chi connectivity index (χ0) is 9.80. The molecule has 0 bridgehead atoms. The molecule has 13 heavy (non-hydrogen) atoms. The summed E-state index contributed by atoms with van der Waals surface area (Å²) in [6, 6.07) is 2.52. The quantitative estimate of drug-likeness (QED) is 0.824. The van der Waals surface area contributed by atoms with Gasteiger partial charge in [-0.05, 0) is 34.3 Å². The molecule has 1 saturated carbocycles. The fourth-order valence-electron chi connectivity index (χ4n) is 1.89. The second kappa shape index (κ2) is 2.81. The Balaban J connectivity index is 2.34. The normalized spacial score (nSPS) is 30.5. The van der Waals surface area contributed by atoms with Crippen LogP contribution in [0.1, 0.15) is 29.5 Å². The van der Waals surface area contributed by atoms with Crippen LogP contribution >= 0.6 is 27.3 Å². The summed E-state index contributed by atoms with van der Waals surface area (Å²) in [5.41, 5.74) is 6.33. The topological polar surface area (TPSA) is 26.0 Å². The van der Waals surface area contributed by atoms with Crippen molar-refractivity contribution in [3.63, 3.8) is 0 Å². The summed E-state index contributed by atoms with van der Waals surface area (Å²) in [4.78, 5) is 2.78. The third-order valence-electron chi connectivity index (χ3n) is 3.03. The second-order valence-corrected chi connectivity index (χ2v) is 6.54. The molecule has 0 unspecified atom stereocenters. The molecule has 0 aromatic carbocycles. The zero-order valence-electron chi connectivity index (χ0n) is 8.10. The van der Waals surface area contributed by atoms with E-state index >= 15 is 0 Å². The van der Waals surface area contributed by atoms with Crippen LogP contribution in [0.5, 0.6) is 0 Å². The predicted molar refractivity (Wildman–Crippen MR) is 61.3 cm³/mol. The van der Waals surface area contributed by atoms with Crippen LogP contribution < -0.4 is 5.73 Å². The Hall–Kier alpha value is 0.140. The molecule has 72 valence electrons. The average molecular weight is 260 g/mol. The van der Waals surface area contributed by atoms with Gasteiger partial charge in [-0.3, -0.25) is 0 Å². The summed E-state index contributed by atoms with van der Waals surface area (Å²) in [7, 11) is 0. The molecule has 1 aromatic heterocycles. The van der Waals surface area contributed by atoms with E-state index in [1.807, 2.05) is 11.3 Å². The Morgan fingerprint density at radius 2 is 2.08 bits per heavy atom. The number of thiophene rings is 1. The molecule has 2 N–H and O–H groups in total. The van der Waals surface area contributed by atoms with Gasteiger partial charge in [0.05, 0.1) is 0 Å². The van der Waals surface area contributed by atoms with Crippen LogP contribution in [0, 0.1) is 12.3 Å². The van der Waals surface area contributed by atoms with E-state index < -0.39 is 0 Å². The highest BCUT2D eigenvalue weighted by atomic mass is 79.9. The summed E-state index contributed by atoms with van der Waals surface area (Å²) >= 11 is 5.46. The SMILES string of the molecule is Cc1cc(Br)c([C@@H]2[C@@H](N)C2(C)C)s1. The molecule has 2 atom stereocenters. The fraction of sp³-hybridized carbons (Fsp3) is 0.600. The Morgan fingerprint density at radius 3 is 2.38 bits per heavy atom. The van der Waals surface area contributed by atoms with Crippen LogP contribution in [-0.4, -0.2) is 6.04 Å². The summed E-state index contributed by atoms with van der Waals surface area (Å²) in [5.74, 6) is 0.556. The van der Waals surface area contributed by atoms with E-state index in [1.165, 1.54) is 14.2 Å². The lowest BCUT2D eigenvalue weighted by molar-refractivity contribution is 0.601. The van der Waals surface area contributed by atoms with E-state index in [0.717, 1.165) is 0 Å². The van der Waals surface area contributed by atoms with E-state index in [2.05, 4.69) is 42.8 Å². The number of hydrogen-bond acceptors (Lipinski definition) is 2. The molecule has 1 aliphatic rings. The molecule has 1 nitrogen and oxygen atoms in total. The van der Waals surface area contributed by atoms with E-state index in [9.17, 15) is 0 Å². The van der Waals surface area contributed by atoms with Gasteiger partial charge in [0.15, 0.2) is 0 Å². The van der Waals surface area contributed by atoms with Gasteiger partial charge in [0.1, 0.15) is 0 Å². The van der Waals surface area contributed by atoms with Gasteiger partial charge in [0.25, 0.3) is 0 Å². The number of halogens is 1. The van der Waals surface area contributed by atoms with Crippen LogP contribution in [-0.2, 0) is 0 Å². The van der Waals surface area contributed by atoms with Crippen molar-refractivity contribution >= 4 is 27.3 Å². The first-order valence-corrected chi connectivity index (χ1v) is 6.07. The second-order valence-electron chi connectivity index (χ2n) is 4.39. The maximum Gasteiger partial charge on any atom is 0.0320 e. The summed E-state index contributed by atoms with van der Waals surface area (Å²) in [6.07, 6.45) is 0. The van der Waals surface area contributed by atoms with Gasteiger partial charge in [-0.1, -0.05) is 13.8 Å². The van der Waals surface area contributed by atoms with E-state index in [4.69, 9.17) is 5.73 Å².